The van der Waals surface area contributed by atoms with E-state index in [2.05, 4.69) is 0 Å². The van der Waals surface area contributed by atoms with Crippen LogP contribution >= 0.6 is 0 Å². The zero-order valence-electron chi connectivity index (χ0n) is 10.6. The van der Waals surface area contributed by atoms with Crippen LogP contribution in [-0.2, 0) is 0 Å². The summed E-state index contributed by atoms with van der Waals surface area (Å²) in [7, 11) is 0. The normalized spacial score (nSPS) is 12.8. The van der Waals surface area contributed by atoms with Gasteiger partial charge in [-0.2, -0.15) is 0 Å². The van der Waals surface area contributed by atoms with E-state index < -0.39 is 9.85 Å². The van der Waals surface area contributed by atoms with E-state index in [9.17, 15) is 20.2 Å². The fourth-order valence-corrected chi connectivity index (χ4v) is 2.95. The molecule has 0 spiro atoms. The number of hydrogen-bond donors (Lipinski definition) is 0. The highest BCUT2D eigenvalue weighted by Gasteiger charge is 2.36. The van der Waals surface area contributed by atoms with E-state index in [0.717, 1.165) is 0 Å². The molecule has 1 aliphatic carbocycles. The van der Waals surface area contributed by atoms with Gasteiger partial charge in [-0.25, -0.2) is 0 Å². The van der Waals surface area contributed by atoms with Gasteiger partial charge in [0.2, 0.25) is 0 Å². The van der Waals surface area contributed by atoms with Gasteiger partial charge in [0, 0.05) is 29.2 Å². The molecule has 0 bridgehead atoms. The van der Waals surface area contributed by atoms with Crippen molar-refractivity contribution >= 4 is 11.4 Å². The van der Waals surface area contributed by atoms with Crippen molar-refractivity contribution in [2.24, 2.45) is 0 Å². The summed E-state index contributed by atoms with van der Waals surface area (Å²) in [5, 5.41) is 22.3. The first-order valence-electron chi connectivity index (χ1n) is 6.07. The predicted octanol–water partition coefficient (Wildman–Crippen LogP) is 3.64. The SMILES string of the molecule is CC1c2c(cccc2[N+](=O)[O-])-c2cccc([N+](=O)[O-])c21. The second kappa shape index (κ2) is 4.12. The van der Waals surface area contributed by atoms with E-state index in [4.69, 9.17) is 0 Å². The number of fused-ring (bicyclic) bond motifs is 3. The Morgan fingerprint density at radius 2 is 1.25 bits per heavy atom. The Morgan fingerprint density at radius 1 is 0.850 bits per heavy atom. The summed E-state index contributed by atoms with van der Waals surface area (Å²) in [5.74, 6) is -0.358. The molecular weight excluding hydrogens is 260 g/mol. The number of nitro groups is 2. The molecule has 20 heavy (non-hydrogen) atoms. The second-order valence-corrected chi connectivity index (χ2v) is 4.71. The molecule has 0 fully saturated rings. The molecule has 0 heterocycles. The van der Waals surface area contributed by atoms with Crippen LogP contribution in [0, 0.1) is 20.2 Å². The van der Waals surface area contributed by atoms with Gasteiger partial charge in [0.25, 0.3) is 11.4 Å². The van der Waals surface area contributed by atoms with Crippen molar-refractivity contribution in [3.63, 3.8) is 0 Å². The van der Waals surface area contributed by atoms with Gasteiger partial charge in [-0.15, -0.1) is 0 Å². The zero-order chi connectivity index (χ0) is 14.4. The molecule has 2 aromatic carbocycles. The fourth-order valence-electron chi connectivity index (χ4n) is 2.95. The molecule has 0 unspecified atom stereocenters. The molecule has 0 N–H and O–H groups in total. The lowest BCUT2D eigenvalue weighted by Gasteiger charge is -2.07. The average molecular weight is 270 g/mol. The summed E-state index contributed by atoms with van der Waals surface area (Å²) in [6.07, 6.45) is 0. The zero-order valence-corrected chi connectivity index (χ0v) is 10.6. The Bertz CT molecular complexity index is 691. The fraction of sp³-hybridized carbons (Fsp3) is 0.143. The van der Waals surface area contributed by atoms with Gasteiger partial charge in [-0.3, -0.25) is 20.2 Å². The smallest absolute Gasteiger partial charge is 0.258 e. The highest BCUT2D eigenvalue weighted by atomic mass is 16.6. The molecule has 0 atom stereocenters. The van der Waals surface area contributed by atoms with Gasteiger partial charge >= 0.3 is 0 Å². The summed E-state index contributed by atoms with van der Waals surface area (Å²) in [6, 6.07) is 9.64. The van der Waals surface area contributed by atoms with Gasteiger partial charge in [0.05, 0.1) is 9.85 Å². The Labute approximate surface area is 114 Å². The maximum Gasteiger partial charge on any atom is 0.273 e. The number of nitrogens with zero attached hydrogens (tertiary/aromatic N) is 2. The first-order chi connectivity index (χ1) is 9.52. The molecule has 0 aromatic heterocycles. The summed E-state index contributed by atoms with van der Waals surface area (Å²) in [5.41, 5.74) is 2.57. The topological polar surface area (TPSA) is 86.3 Å². The van der Waals surface area contributed by atoms with Crippen molar-refractivity contribution < 1.29 is 9.85 Å². The van der Waals surface area contributed by atoms with Crippen LogP contribution < -0.4 is 0 Å². The van der Waals surface area contributed by atoms with Crippen molar-refractivity contribution in [2.45, 2.75) is 12.8 Å². The Morgan fingerprint density at radius 3 is 1.60 bits per heavy atom. The Balaban J connectivity index is 2.35. The number of benzene rings is 2. The highest BCUT2D eigenvalue weighted by molar-refractivity contribution is 5.85. The number of nitro benzene ring substituents is 2. The van der Waals surface area contributed by atoms with E-state index in [-0.39, 0.29) is 17.3 Å². The summed E-state index contributed by atoms with van der Waals surface area (Å²) >= 11 is 0. The van der Waals surface area contributed by atoms with Crippen LogP contribution in [0.25, 0.3) is 11.1 Å². The van der Waals surface area contributed by atoms with Crippen LogP contribution in [-0.4, -0.2) is 9.85 Å². The van der Waals surface area contributed by atoms with Gasteiger partial charge in [-0.1, -0.05) is 31.2 Å². The summed E-state index contributed by atoms with van der Waals surface area (Å²) in [4.78, 5) is 21.4. The van der Waals surface area contributed by atoms with E-state index in [1.807, 2.05) is 0 Å². The molecule has 0 radical (unpaired) electrons. The van der Waals surface area contributed by atoms with Crippen molar-refractivity contribution in [2.75, 3.05) is 0 Å². The van der Waals surface area contributed by atoms with Crippen LogP contribution in [0.15, 0.2) is 36.4 Å². The summed E-state index contributed by atoms with van der Waals surface area (Å²) in [6.45, 7) is 1.77. The van der Waals surface area contributed by atoms with Crippen molar-refractivity contribution in [3.8, 4) is 11.1 Å². The molecule has 0 aliphatic heterocycles. The molecule has 2 aromatic rings. The Kier molecular flexibility index (Phi) is 2.53. The van der Waals surface area contributed by atoms with Gasteiger partial charge < -0.3 is 0 Å². The van der Waals surface area contributed by atoms with E-state index in [0.29, 0.717) is 22.3 Å². The van der Waals surface area contributed by atoms with Crippen LogP contribution in [0.2, 0.25) is 0 Å². The lowest BCUT2D eigenvalue weighted by molar-refractivity contribution is -0.386. The highest BCUT2D eigenvalue weighted by Crippen LogP contribution is 2.51. The third-order valence-electron chi connectivity index (χ3n) is 3.72. The third kappa shape index (κ3) is 1.51. The second-order valence-electron chi connectivity index (χ2n) is 4.71. The predicted molar refractivity (Wildman–Crippen MR) is 72.7 cm³/mol. The molecule has 3 rings (SSSR count). The average Bonchev–Trinajstić information content (AvgIpc) is 2.72. The first-order valence-corrected chi connectivity index (χ1v) is 6.07. The van der Waals surface area contributed by atoms with Gasteiger partial charge in [0.15, 0.2) is 0 Å². The standard InChI is InChI=1S/C14H10N2O4/c1-8-13-9(4-2-6-11(13)15(17)18)10-5-3-7-12(14(8)10)16(19)20/h2-8H,1H3. The monoisotopic (exact) mass is 270 g/mol. The molecule has 100 valence electrons. The minimum absolute atomic E-state index is 0.0143. The lowest BCUT2D eigenvalue weighted by atomic mass is 9.97. The largest absolute Gasteiger partial charge is 0.273 e. The van der Waals surface area contributed by atoms with Crippen LogP contribution in [0.5, 0.6) is 0 Å². The molecule has 6 nitrogen and oxygen atoms in total. The maximum atomic E-state index is 11.1. The third-order valence-corrected chi connectivity index (χ3v) is 3.72. The first kappa shape index (κ1) is 12.3. The minimum atomic E-state index is -0.437. The van der Waals surface area contributed by atoms with E-state index >= 15 is 0 Å². The van der Waals surface area contributed by atoms with Crippen LogP contribution in [0.3, 0.4) is 0 Å². The number of rotatable bonds is 2. The molecule has 0 saturated heterocycles. The minimum Gasteiger partial charge on any atom is -0.258 e. The van der Waals surface area contributed by atoms with E-state index in [1.165, 1.54) is 12.1 Å². The molecule has 0 saturated carbocycles. The van der Waals surface area contributed by atoms with Gasteiger partial charge in [0.1, 0.15) is 0 Å². The summed E-state index contributed by atoms with van der Waals surface area (Å²) < 4.78 is 0. The lowest BCUT2D eigenvalue weighted by Crippen LogP contribution is -2.00. The maximum absolute atomic E-state index is 11.1. The molecule has 6 heteroatoms. The van der Waals surface area contributed by atoms with Crippen molar-refractivity contribution in [1.29, 1.82) is 0 Å². The van der Waals surface area contributed by atoms with Crippen molar-refractivity contribution in [3.05, 3.63) is 67.8 Å². The number of hydrogen-bond acceptors (Lipinski definition) is 4. The van der Waals surface area contributed by atoms with Gasteiger partial charge in [-0.05, 0) is 11.1 Å². The van der Waals surface area contributed by atoms with E-state index in [1.54, 1.807) is 31.2 Å². The van der Waals surface area contributed by atoms with Crippen molar-refractivity contribution in [1.82, 2.24) is 0 Å². The Hall–Kier alpha value is -2.76. The van der Waals surface area contributed by atoms with Crippen LogP contribution in [0.1, 0.15) is 24.0 Å². The quantitative estimate of drug-likeness (QED) is 0.615. The molecule has 0 amide bonds. The molecular formula is C14H10N2O4. The molecule has 1 aliphatic rings. The van der Waals surface area contributed by atoms with Crippen LogP contribution in [0.4, 0.5) is 11.4 Å².